The van der Waals surface area contributed by atoms with Crippen LogP contribution in [0.15, 0.2) is 42.5 Å². The molecule has 0 aliphatic heterocycles. The minimum Gasteiger partial charge on any atom is -0.507 e. The molecule has 0 aliphatic carbocycles. The Bertz CT molecular complexity index is 644. The zero-order valence-corrected chi connectivity index (χ0v) is 13.2. The number of nitrogens with two attached hydrogens (primary N) is 1. The van der Waals surface area contributed by atoms with Crippen LogP contribution in [-0.2, 0) is 0 Å². The second-order valence-corrected chi connectivity index (χ2v) is 5.72. The van der Waals surface area contributed by atoms with E-state index in [0.29, 0.717) is 20.4 Å². The van der Waals surface area contributed by atoms with E-state index in [1.54, 1.807) is 36.4 Å². The largest absolute Gasteiger partial charge is 0.507 e. The lowest BCUT2D eigenvalue weighted by molar-refractivity contribution is 0.0916. The maximum Gasteiger partial charge on any atom is 0.251 e. The van der Waals surface area contributed by atoms with Crippen molar-refractivity contribution >= 4 is 34.2 Å². The van der Waals surface area contributed by atoms with Gasteiger partial charge in [-0.15, -0.1) is 0 Å². The van der Waals surface area contributed by atoms with Gasteiger partial charge in [0.1, 0.15) is 5.75 Å². The Morgan fingerprint density at radius 1 is 1.24 bits per heavy atom. The van der Waals surface area contributed by atoms with Gasteiger partial charge < -0.3 is 21.3 Å². The number of aliphatic hydroxyl groups excluding tert-OH is 1. The third-order valence-electron chi connectivity index (χ3n) is 2.99. The smallest absolute Gasteiger partial charge is 0.251 e. The minimum atomic E-state index is -0.813. The van der Waals surface area contributed by atoms with E-state index in [1.807, 2.05) is 22.6 Å². The first kappa shape index (κ1) is 15.6. The molecule has 0 spiro atoms. The Morgan fingerprint density at radius 2 is 1.90 bits per heavy atom. The Kier molecular flexibility index (Phi) is 5.03. The number of phenolic OH excluding ortho intramolecular Hbond substituents is 1. The van der Waals surface area contributed by atoms with E-state index in [4.69, 9.17) is 5.73 Å². The number of nitrogen functional groups attached to an aromatic ring is 1. The van der Waals surface area contributed by atoms with Crippen LogP contribution in [0.1, 0.15) is 22.0 Å². The number of aliphatic hydroxyl groups is 1. The van der Waals surface area contributed by atoms with Crippen molar-refractivity contribution in [1.82, 2.24) is 5.32 Å². The van der Waals surface area contributed by atoms with Gasteiger partial charge in [-0.1, -0.05) is 12.1 Å². The van der Waals surface area contributed by atoms with Crippen LogP contribution in [0.2, 0.25) is 0 Å². The van der Waals surface area contributed by atoms with Gasteiger partial charge in [-0.05, 0) is 58.5 Å². The maximum absolute atomic E-state index is 11.9. The molecule has 1 amide bonds. The number of anilines is 1. The summed E-state index contributed by atoms with van der Waals surface area (Å²) in [7, 11) is 0. The number of rotatable bonds is 4. The minimum absolute atomic E-state index is 0.0577. The second kappa shape index (κ2) is 6.77. The van der Waals surface area contributed by atoms with E-state index < -0.39 is 6.10 Å². The molecular formula is C15H15IN2O3. The van der Waals surface area contributed by atoms with Crippen LogP contribution in [0.5, 0.6) is 5.75 Å². The lowest BCUT2D eigenvalue weighted by Crippen LogP contribution is -2.28. The molecule has 110 valence electrons. The lowest BCUT2D eigenvalue weighted by atomic mass is 10.1. The first-order valence-electron chi connectivity index (χ1n) is 6.27. The van der Waals surface area contributed by atoms with Crippen LogP contribution in [0.25, 0.3) is 0 Å². The Hall–Kier alpha value is -1.80. The normalized spacial score (nSPS) is 11.9. The van der Waals surface area contributed by atoms with Gasteiger partial charge in [0.15, 0.2) is 0 Å². The van der Waals surface area contributed by atoms with Crippen LogP contribution in [0.3, 0.4) is 0 Å². The summed E-state index contributed by atoms with van der Waals surface area (Å²) in [4.78, 5) is 11.9. The third-order valence-corrected chi connectivity index (χ3v) is 3.90. The van der Waals surface area contributed by atoms with Gasteiger partial charge in [-0.2, -0.15) is 0 Å². The van der Waals surface area contributed by atoms with Crippen molar-refractivity contribution in [1.29, 1.82) is 0 Å². The van der Waals surface area contributed by atoms with Gasteiger partial charge in [0.05, 0.1) is 9.67 Å². The van der Waals surface area contributed by atoms with Crippen LogP contribution < -0.4 is 11.1 Å². The van der Waals surface area contributed by atoms with Crippen LogP contribution in [0, 0.1) is 3.57 Å². The van der Waals surface area contributed by atoms with Gasteiger partial charge >= 0.3 is 0 Å². The molecule has 5 nitrogen and oxygen atoms in total. The van der Waals surface area contributed by atoms with Crippen molar-refractivity contribution in [2.45, 2.75) is 6.10 Å². The number of hydrogen-bond acceptors (Lipinski definition) is 4. The highest BCUT2D eigenvalue weighted by atomic mass is 127. The Morgan fingerprint density at radius 3 is 2.52 bits per heavy atom. The Labute approximate surface area is 135 Å². The average molecular weight is 398 g/mol. The fraction of sp³-hybridized carbons (Fsp3) is 0.133. The van der Waals surface area contributed by atoms with Gasteiger partial charge in [-0.25, -0.2) is 0 Å². The van der Waals surface area contributed by atoms with Gasteiger partial charge in [0, 0.05) is 17.8 Å². The van der Waals surface area contributed by atoms with Crippen molar-refractivity contribution in [3.8, 4) is 5.75 Å². The molecule has 1 atom stereocenters. The van der Waals surface area contributed by atoms with Crippen LogP contribution in [-0.4, -0.2) is 22.7 Å². The third kappa shape index (κ3) is 4.08. The Balaban J connectivity index is 1.97. The number of nitrogens with one attached hydrogen (secondary N) is 1. The fourth-order valence-electron chi connectivity index (χ4n) is 1.78. The van der Waals surface area contributed by atoms with Gasteiger partial charge in [0.2, 0.25) is 0 Å². The molecule has 2 aromatic rings. The molecule has 2 rings (SSSR count). The molecule has 0 saturated heterocycles. The molecule has 0 aromatic heterocycles. The summed E-state index contributed by atoms with van der Waals surface area (Å²) in [5.41, 5.74) is 7.21. The maximum atomic E-state index is 11.9. The van der Waals surface area contributed by atoms with Crippen LogP contribution >= 0.6 is 22.6 Å². The molecule has 0 radical (unpaired) electrons. The van der Waals surface area contributed by atoms with E-state index in [0.717, 1.165) is 0 Å². The number of phenols is 1. The first-order chi connectivity index (χ1) is 9.97. The fourth-order valence-corrected chi connectivity index (χ4v) is 2.12. The molecule has 0 fully saturated rings. The molecule has 2 aromatic carbocycles. The van der Waals surface area contributed by atoms with Gasteiger partial charge in [-0.3, -0.25) is 4.79 Å². The summed E-state index contributed by atoms with van der Waals surface area (Å²) in [5.74, 6) is -0.293. The number of hydrogen-bond donors (Lipinski definition) is 4. The van der Waals surface area contributed by atoms with Crippen LogP contribution in [0.4, 0.5) is 5.69 Å². The highest BCUT2D eigenvalue weighted by molar-refractivity contribution is 14.1. The molecule has 21 heavy (non-hydrogen) atoms. The van der Waals surface area contributed by atoms with Crippen molar-refractivity contribution in [2.24, 2.45) is 0 Å². The number of aromatic hydroxyl groups is 1. The lowest BCUT2D eigenvalue weighted by Gasteiger charge is -2.12. The first-order valence-corrected chi connectivity index (χ1v) is 7.35. The molecule has 0 saturated carbocycles. The van der Waals surface area contributed by atoms with E-state index in [-0.39, 0.29) is 18.2 Å². The summed E-state index contributed by atoms with van der Waals surface area (Å²) in [6.07, 6.45) is -0.813. The zero-order chi connectivity index (χ0) is 15.4. The van der Waals surface area contributed by atoms with Crippen molar-refractivity contribution in [3.63, 3.8) is 0 Å². The number of carbonyl (C=O) groups excluding carboxylic acids is 1. The molecule has 1 unspecified atom stereocenters. The number of amides is 1. The predicted octanol–water partition coefficient (Wildman–Crippen LogP) is 2.04. The number of carbonyl (C=O) groups is 1. The summed E-state index contributed by atoms with van der Waals surface area (Å²) in [6, 6.07) is 11.5. The molecule has 5 N–H and O–H groups in total. The SMILES string of the molecule is Nc1ccc(C(O)CNC(=O)c2ccc(I)c(O)c2)cc1. The standard InChI is InChI=1S/C15H15IN2O3/c16-12-6-3-10(7-13(12)19)15(21)18-8-14(20)9-1-4-11(17)5-2-9/h1-7,14,19-20H,8,17H2,(H,18,21). The van der Waals surface area contributed by atoms with E-state index in [1.165, 1.54) is 6.07 Å². The summed E-state index contributed by atoms with van der Waals surface area (Å²) < 4.78 is 0.672. The second-order valence-electron chi connectivity index (χ2n) is 4.56. The summed E-state index contributed by atoms with van der Waals surface area (Å²) >= 11 is 1.97. The quantitative estimate of drug-likeness (QED) is 0.468. The summed E-state index contributed by atoms with van der Waals surface area (Å²) in [6.45, 7) is 0.0789. The zero-order valence-electron chi connectivity index (χ0n) is 11.1. The summed E-state index contributed by atoms with van der Waals surface area (Å²) in [5, 5.41) is 22.2. The molecule has 0 heterocycles. The van der Waals surface area contributed by atoms with Gasteiger partial charge in [0.25, 0.3) is 5.91 Å². The monoisotopic (exact) mass is 398 g/mol. The highest BCUT2D eigenvalue weighted by Gasteiger charge is 2.12. The van der Waals surface area contributed by atoms with E-state index >= 15 is 0 Å². The van der Waals surface area contributed by atoms with E-state index in [2.05, 4.69) is 5.32 Å². The topological polar surface area (TPSA) is 95.6 Å². The van der Waals surface area contributed by atoms with Crippen molar-refractivity contribution in [2.75, 3.05) is 12.3 Å². The predicted molar refractivity (Wildman–Crippen MR) is 89.0 cm³/mol. The van der Waals surface area contributed by atoms with Crippen molar-refractivity contribution in [3.05, 3.63) is 57.2 Å². The number of halogens is 1. The molecule has 0 bridgehead atoms. The molecular weight excluding hydrogens is 383 g/mol. The van der Waals surface area contributed by atoms with Crippen molar-refractivity contribution < 1.29 is 15.0 Å². The van der Waals surface area contributed by atoms with E-state index in [9.17, 15) is 15.0 Å². The molecule has 0 aliphatic rings. The molecule has 6 heteroatoms. The average Bonchev–Trinajstić information content (AvgIpc) is 2.48. The number of benzene rings is 2. The highest BCUT2D eigenvalue weighted by Crippen LogP contribution is 2.20.